The molecule has 2 nitrogen and oxygen atoms in total. The zero-order valence-corrected chi connectivity index (χ0v) is 10.1. The zero-order chi connectivity index (χ0) is 11.3. The fraction of sp³-hybridized carbons (Fsp3) is 0.500. The number of halogens is 2. The quantitative estimate of drug-likeness (QED) is 0.773. The molecule has 1 N–H and O–H groups in total. The van der Waals surface area contributed by atoms with Crippen LogP contribution in [0.2, 0.25) is 10.0 Å². The van der Waals surface area contributed by atoms with Gasteiger partial charge in [-0.25, -0.2) is 0 Å². The van der Waals surface area contributed by atoms with E-state index in [9.17, 15) is 5.11 Å². The van der Waals surface area contributed by atoms with E-state index < -0.39 is 0 Å². The molecule has 0 amide bonds. The fourth-order valence-corrected chi connectivity index (χ4v) is 3.31. The summed E-state index contributed by atoms with van der Waals surface area (Å²) in [5.41, 5.74) is 1.06. The Morgan fingerprint density at radius 1 is 1.25 bits per heavy atom. The van der Waals surface area contributed by atoms with Crippen molar-refractivity contribution in [1.82, 2.24) is 0 Å². The lowest BCUT2D eigenvalue weighted by molar-refractivity contribution is 0.00937. The number of fused-ring (bicyclic) bond motifs is 3. The van der Waals surface area contributed by atoms with Crippen LogP contribution in [-0.4, -0.2) is 17.3 Å². The first-order chi connectivity index (χ1) is 7.66. The lowest BCUT2D eigenvalue weighted by atomic mass is 9.82. The van der Waals surface area contributed by atoms with Crippen molar-refractivity contribution >= 4 is 23.2 Å². The van der Waals surface area contributed by atoms with Gasteiger partial charge >= 0.3 is 0 Å². The van der Waals surface area contributed by atoms with Crippen LogP contribution >= 0.6 is 23.2 Å². The van der Waals surface area contributed by atoms with Crippen LogP contribution in [0.15, 0.2) is 12.1 Å². The van der Waals surface area contributed by atoms with Crippen LogP contribution in [0.3, 0.4) is 0 Å². The van der Waals surface area contributed by atoms with Crippen LogP contribution in [0.4, 0.5) is 0 Å². The van der Waals surface area contributed by atoms with Gasteiger partial charge in [0.1, 0.15) is 11.9 Å². The van der Waals surface area contributed by atoms with Crippen LogP contribution in [0.25, 0.3) is 0 Å². The second kappa shape index (κ2) is 3.80. The third-order valence-electron chi connectivity index (χ3n) is 3.48. The highest BCUT2D eigenvalue weighted by Crippen LogP contribution is 2.49. The molecule has 0 bridgehead atoms. The Bertz CT molecular complexity index is 433. The largest absolute Gasteiger partial charge is 0.485 e. The lowest BCUT2D eigenvalue weighted by Crippen LogP contribution is -2.36. The summed E-state index contributed by atoms with van der Waals surface area (Å²) in [6, 6.07) is 3.59. The summed E-state index contributed by atoms with van der Waals surface area (Å²) in [7, 11) is 0. The van der Waals surface area contributed by atoms with Gasteiger partial charge in [-0.05, 0) is 31.4 Å². The fourth-order valence-electron chi connectivity index (χ4n) is 2.75. The van der Waals surface area contributed by atoms with Crippen LogP contribution in [-0.2, 0) is 0 Å². The van der Waals surface area contributed by atoms with E-state index in [0.29, 0.717) is 15.8 Å². The van der Waals surface area contributed by atoms with Crippen molar-refractivity contribution in [3.05, 3.63) is 27.7 Å². The minimum absolute atomic E-state index is 0.139. The molecule has 0 spiro atoms. The molecule has 1 aromatic rings. The number of rotatable bonds is 0. The number of aliphatic hydroxyl groups excluding tert-OH is 1. The van der Waals surface area contributed by atoms with Crippen LogP contribution < -0.4 is 4.74 Å². The van der Waals surface area contributed by atoms with E-state index in [0.717, 1.165) is 24.8 Å². The number of aliphatic hydroxyl groups is 1. The van der Waals surface area contributed by atoms with E-state index in [-0.39, 0.29) is 18.1 Å². The molecule has 3 unspecified atom stereocenters. The highest BCUT2D eigenvalue weighted by atomic mass is 35.5. The van der Waals surface area contributed by atoms with Crippen molar-refractivity contribution in [2.24, 2.45) is 0 Å². The van der Waals surface area contributed by atoms with Crippen molar-refractivity contribution < 1.29 is 9.84 Å². The average molecular weight is 259 g/mol. The Labute approximate surface area is 104 Å². The van der Waals surface area contributed by atoms with E-state index >= 15 is 0 Å². The Morgan fingerprint density at radius 2 is 2.06 bits per heavy atom. The molecule has 86 valence electrons. The zero-order valence-electron chi connectivity index (χ0n) is 8.62. The second-order valence-corrected chi connectivity index (χ2v) is 5.34. The molecule has 1 saturated carbocycles. The minimum atomic E-state index is -0.388. The van der Waals surface area contributed by atoms with Crippen molar-refractivity contribution in [2.75, 3.05) is 0 Å². The second-order valence-electron chi connectivity index (χ2n) is 4.49. The molecule has 3 atom stereocenters. The Kier molecular flexibility index (Phi) is 2.54. The van der Waals surface area contributed by atoms with E-state index in [1.807, 2.05) is 6.07 Å². The molecule has 1 aliphatic carbocycles. The third-order valence-corrected chi connectivity index (χ3v) is 3.98. The molecule has 0 saturated heterocycles. The highest BCUT2D eigenvalue weighted by molar-refractivity contribution is 6.35. The van der Waals surface area contributed by atoms with E-state index in [4.69, 9.17) is 27.9 Å². The molecule has 1 aliphatic heterocycles. The molecule has 1 aromatic carbocycles. The molecule has 16 heavy (non-hydrogen) atoms. The normalized spacial score (nSPS) is 31.8. The highest BCUT2D eigenvalue weighted by Gasteiger charge is 2.42. The molecular weight excluding hydrogens is 247 g/mol. The number of hydrogen-bond donors (Lipinski definition) is 1. The smallest absolute Gasteiger partial charge is 0.142 e. The van der Waals surface area contributed by atoms with Gasteiger partial charge in [-0.2, -0.15) is 0 Å². The molecule has 1 heterocycles. The van der Waals surface area contributed by atoms with Gasteiger partial charge in [-0.3, -0.25) is 0 Å². The summed E-state index contributed by atoms with van der Waals surface area (Å²) in [6.45, 7) is 0. The maximum absolute atomic E-state index is 9.91. The number of benzene rings is 1. The predicted molar refractivity (Wildman–Crippen MR) is 63.5 cm³/mol. The Balaban J connectivity index is 2.07. The van der Waals surface area contributed by atoms with Gasteiger partial charge in [-0.1, -0.05) is 23.2 Å². The van der Waals surface area contributed by atoms with Crippen molar-refractivity contribution in [1.29, 1.82) is 0 Å². The van der Waals surface area contributed by atoms with Crippen LogP contribution in [0.5, 0.6) is 5.75 Å². The summed E-state index contributed by atoms with van der Waals surface area (Å²) in [5.74, 6) is 0.956. The number of hydrogen-bond acceptors (Lipinski definition) is 2. The molecule has 3 rings (SSSR count). The monoisotopic (exact) mass is 258 g/mol. The van der Waals surface area contributed by atoms with Crippen molar-refractivity contribution in [3.63, 3.8) is 0 Å². The molecule has 0 aromatic heterocycles. The van der Waals surface area contributed by atoms with Gasteiger partial charge in [0.2, 0.25) is 0 Å². The van der Waals surface area contributed by atoms with E-state index in [1.54, 1.807) is 6.07 Å². The Hall–Kier alpha value is -0.440. The first-order valence-electron chi connectivity index (χ1n) is 5.50. The van der Waals surface area contributed by atoms with Gasteiger partial charge in [0.15, 0.2) is 0 Å². The SMILES string of the molecule is OC1CCCC2c3cc(Cl)cc(Cl)c3OC12. The van der Waals surface area contributed by atoms with Gasteiger partial charge in [0.25, 0.3) is 0 Å². The van der Waals surface area contributed by atoms with Crippen LogP contribution in [0.1, 0.15) is 30.7 Å². The van der Waals surface area contributed by atoms with Crippen molar-refractivity contribution in [2.45, 2.75) is 37.4 Å². The summed E-state index contributed by atoms with van der Waals surface area (Å²) >= 11 is 12.1. The van der Waals surface area contributed by atoms with Crippen LogP contribution in [0, 0.1) is 0 Å². The van der Waals surface area contributed by atoms with Crippen molar-refractivity contribution in [3.8, 4) is 5.75 Å². The lowest BCUT2D eigenvalue weighted by Gasteiger charge is -2.29. The standard InChI is InChI=1S/C12H12Cl2O2/c13-6-4-8-7-2-1-3-10(15)12(7)16-11(8)9(14)5-6/h4-5,7,10,12,15H,1-3H2. The molecule has 0 radical (unpaired) electrons. The summed E-state index contributed by atoms with van der Waals surface area (Å²) in [5, 5.41) is 11.1. The summed E-state index contributed by atoms with van der Waals surface area (Å²) in [6.07, 6.45) is 2.34. The van der Waals surface area contributed by atoms with E-state index in [1.165, 1.54) is 0 Å². The molecule has 4 heteroatoms. The predicted octanol–water partition coefficient (Wildman–Crippen LogP) is 3.38. The third kappa shape index (κ3) is 1.52. The topological polar surface area (TPSA) is 29.5 Å². The minimum Gasteiger partial charge on any atom is -0.485 e. The maximum atomic E-state index is 9.91. The summed E-state index contributed by atoms with van der Waals surface area (Å²) < 4.78 is 5.77. The average Bonchev–Trinajstić information content (AvgIpc) is 2.59. The molecular formula is C12H12Cl2O2. The molecule has 1 fully saturated rings. The van der Waals surface area contributed by atoms with Gasteiger partial charge in [-0.15, -0.1) is 0 Å². The molecule has 2 aliphatic rings. The summed E-state index contributed by atoms with van der Waals surface area (Å²) in [4.78, 5) is 0. The van der Waals surface area contributed by atoms with Gasteiger partial charge in [0.05, 0.1) is 11.1 Å². The first kappa shape index (κ1) is 10.7. The van der Waals surface area contributed by atoms with Gasteiger partial charge in [0, 0.05) is 16.5 Å². The first-order valence-corrected chi connectivity index (χ1v) is 6.26. The van der Waals surface area contributed by atoms with E-state index in [2.05, 4.69) is 0 Å². The maximum Gasteiger partial charge on any atom is 0.142 e. The Morgan fingerprint density at radius 3 is 2.88 bits per heavy atom. The van der Waals surface area contributed by atoms with Gasteiger partial charge < -0.3 is 9.84 Å². The number of ether oxygens (including phenoxy) is 1.